The summed E-state index contributed by atoms with van der Waals surface area (Å²) in [5.74, 6) is -0.343. The molecule has 1 aromatic heterocycles. The van der Waals surface area contributed by atoms with Gasteiger partial charge >= 0.3 is 0 Å². The number of piperidine rings is 1. The molecule has 1 aromatic carbocycles. The molecule has 3 heterocycles. The summed E-state index contributed by atoms with van der Waals surface area (Å²) in [5.41, 5.74) is 0.944. The topological polar surface area (TPSA) is 94.4 Å². The summed E-state index contributed by atoms with van der Waals surface area (Å²) in [6.07, 6.45) is 2.26. The van der Waals surface area contributed by atoms with Gasteiger partial charge in [-0.15, -0.1) is 5.10 Å². The van der Waals surface area contributed by atoms with Gasteiger partial charge in [0.15, 0.2) is 9.84 Å². The van der Waals surface area contributed by atoms with Crippen molar-refractivity contribution in [1.29, 1.82) is 0 Å². The van der Waals surface area contributed by atoms with E-state index in [-0.39, 0.29) is 35.1 Å². The van der Waals surface area contributed by atoms with Crippen molar-refractivity contribution in [3.63, 3.8) is 0 Å². The standard InChI is InChI=1S/C17H20N4O4S/c22-17(7-9-26(23,24)14-4-2-1-3-5-14)20-8-6-15-16(11-20)25-12-13-10-18-19-21(13)15/h1-5,10,15-16H,6-9,11-12H2. The van der Waals surface area contributed by atoms with Crippen molar-refractivity contribution in [2.45, 2.75) is 36.5 Å². The molecule has 2 aliphatic heterocycles. The number of fused-ring (bicyclic) bond motifs is 3. The first kappa shape index (κ1) is 17.2. The molecule has 0 aliphatic carbocycles. The number of ether oxygens (including phenoxy) is 1. The summed E-state index contributed by atoms with van der Waals surface area (Å²) in [4.78, 5) is 14.5. The molecule has 2 unspecified atom stereocenters. The second kappa shape index (κ2) is 6.81. The molecule has 1 saturated heterocycles. The number of nitrogens with zero attached hydrogens (tertiary/aromatic N) is 4. The maximum atomic E-state index is 12.5. The van der Waals surface area contributed by atoms with E-state index in [2.05, 4.69) is 10.3 Å². The Kier molecular flexibility index (Phi) is 4.49. The van der Waals surface area contributed by atoms with Crippen LogP contribution in [-0.4, -0.2) is 59.2 Å². The van der Waals surface area contributed by atoms with Crippen molar-refractivity contribution < 1.29 is 17.9 Å². The van der Waals surface area contributed by atoms with E-state index in [1.54, 1.807) is 41.4 Å². The second-order valence-corrected chi connectivity index (χ2v) is 8.71. The first-order valence-corrected chi connectivity index (χ1v) is 10.3. The minimum absolute atomic E-state index is 0.0246. The summed E-state index contributed by atoms with van der Waals surface area (Å²) >= 11 is 0. The van der Waals surface area contributed by atoms with Crippen LogP contribution in [0.4, 0.5) is 0 Å². The zero-order valence-corrected chi connectivity index (χ0v) is 15.0. The van der Waals surface area contributed by atoms with Crippen LogP contribution in [-0.2, 0) is 26.0 Å². The van der Waals surface area contributed by atoms with Crippen molar-refractivity contribution in [3.8, 4) is 0 Å². The molecule has 2 aromatic rings. The van der Waals surface area contributed by atoms with Crippen LogP contribution in [0.5, 0.6) is 0 Å². The van der Waals surface area contributed by atoms with Crippen LogP contribution >= 0.6 is 0 Å². The number of rotatable bonds is 4. The van der Waals surface area contributed by atoms with E-state index in [0.717, 1.165) is 12.1 Å². The number of carbonyl (C=O) groups excluding carboxylic acids is 1. The molecule has 0 bridgehead atoms. The minimum atomic E-state index is -3.45. The predicted molar refractivity (Wildman–Crippen MR) is 91.9 cm³/mol. The number of likely N-dealkylation sites (tertiary alicyclic amines) is 1. The van der Waals surface area contributed by atoms with Crippen LogP contribution in [0, 0.1) is 0 Å². The smallest absolute Gasteiger partial charge is 0.223 e. The van der Waals surface area contributed by atoms with Crippen LogP contribution < -0.4 is 0 Å². The highest BCUT2D eigenvalue weighted by molar-refractivity contribution is 7.91. The van der Waals surface area contributed by atoms with Crippen LogP contribution in [0.15, 0.2) is 41.4 Å². The van der Waals surface area contributed by atoms with Crippen molar-refractivity contribution in [1.82, 2.24) is 19.9 Å². The Bertz CT molecular complexity index is 896. The van der Waals surface area contributed by atoms with Gasteiger partial charge in [-0.05, 0) is 18.6 Å². The van der Waals surface area contributed by atoms with Gasteiger partial charge in [0.05, 0.1) is 41.3 Å². The fraction of sp³-hybridized carbons (Fsp3) is 0.471. The van der Waals surface area contributed by atoms with Crippen molar-refractivity contribution in [2.75, 3.05) is 18.8 Å². The van der Waals surface area contributed by atoms with E-state index in [1.165, 1.54) is 0 Å². The van der Waals surface area contributed by atoms with E-state index in [1.807, 2.05) is 4.68 Å². The normalized spacial score (nSPS) is 22.5. The highest BCUT2D eigenvalue weighted by Gasteiger charge is 2.37. The summed E-state index contributed by atoms with van der Waals surface area (Å²) in [5, 5.41) is 8.04. The molecule has 0 spiro atoms. The van der Waals surface area contributed by atoms with Crippen molar-refractivity contribution >= 4 is 15.7 Å². The predicted octanol–water partition coefficient (Wildman–Crippen LogP) is 0.814. The minimum Gasteiger partial charge on any atom is -0.368 e. The van der Waals surface area contributed by atoms with Crippen LogP contribution in [0.25, 0.3) is 0 Å². The number of sulfone groups is 1. The third kappa shape index (κ3) is 3.24. The molecule has 0 N–H and O–H groups in total. The number of hydrogen-bond donors (Lipinski definition) is 0. The number of benzene rings is 1. The average Bonchev–Trinajstić information content (AvgIpc) is 3.15. The highest BCUT2D eigenvalue weighted by Crippen LogP contribution is 2.30. The van der Waals surface area contributed by atoms with E-state index in [9.17, 15) is 13.2 Å². The fourth-order valence-corrected chi connectivity index (χ4v) is 4.79. The molecule has 2 atom stereocenters. The quantitative estimate of drug-likeness (QED) is 0.784. The lowest BCUT2D eigenvalue weighted by Crippen LogP contribution is -2.50. The van der Waals surface area contributed by atoms with Crippen LogP contribution in [0.2, 0.25) is 0 Å². The Hall–Kier alpha value is -2.26. The Morgan fingerprint density at radius 3 is 2.88 bits per heavy atom. The highest BCUT2D eigenvalue weighted by atomic mass is 32.2. The molecule has 8 nitrogen and oxygen atoms in total. The summed E-state index contributed by atoms with van der Waals surface area (Å²) in [6, 6.07) is 8.31. The molecule has 2 aliphatic rings. The van der Waals surface area contributed by atoms with Gasteiger partial charge in [-0.1, -0.05) is 23.4 Å². The van der Waals surface area contributed by atoms with Gasteiger partial charge in [0.25, 0.3) is 0 Å². The number of amides is 1. The van der Waals surface area contributed by atoms with Crippen LogP contribution in [0.1, 0.15) is 24.6 Å². The maximum absolute atomic E-state index is 12.5. The third-order valence-electron chi connectivity index (χ3n) is 4.97. The van der Waals surface area contributed by atoms with Crippen LogP contribution in [0.3, 0.4) is 0 Å². The lowest BCUT2D eigenvalue weighted by molar-refractivity contribution is -0.139. The number of hydrogen-bond acceptors (Lipinski definition) is 6. The Balaban J connectivity index is 1.37. The van der Waals surface area contributed by atoms with Gasteiger partial charge in [0, 0.05) is 19.5 Å². The van der Waals surface area contributed by atoms with Crippen molar-refractivity contribution in [2.24, 2.45) is 0 Å². The van der Waals surface area contributed by atoms with Gasteiger partial charge in [-0.25, -0.2) is 13.1 Å². The van der Waals surface area contributed by atoms with E-state index in [4.69, 9.17) is 4.74 Å². The van der Waals surface area contributed by atoms with E-state index >= 15 is 0 Å². The largest absolute Gasteiger partial charge is 0.368 e. The molecular formula is C17H20N4O4S. The summed E-state index contributed by atoms with van der Waals surface area (Å²) < 4.78 is 32.4. The Morgan fingerprint density at radius 2 is 2.08 bits per heavy atom. The lowest BCUT2D eigenvalue weighted by atomic mass is 10.00. The van der Waals surface area contributed by atoms with Crippen molar-refractivity contribution in [3.05, 3.63) is 42.2 Å². The van der Waals surface area contributed by atoms with Gasteiger partial charge < -0.3 is 9.64 Å². The molecule has 0 saturated carbocycles. The molecule has 1 amide bonds. The second-order valence-electron chi connectivity index (χ2n) is 6.60. The van der Waals surface area contributed by atoms with Gasteiger partial charge in [0.2, 0.25) is 5.91 Å². The average molecular weight is 376 g/mol. The Labute approximate surface area is 151 Å². The summed E-state index contributed by atoms with van der Waals surface area (Å²) in [7, 11) is -3.45. The number of carbonyl (C=O) groups is 1. The molecule has 9 heteroatoms. The SMILES string of the molecule is O=C(CCS(=O)(=O)c1ccccc1)N1CCC2C(C1)OCc1cnnn12. The van der Waals surface area contributed by atoms with E-state index < -0.39 is 9.84 Å². The molecule has 0 radical (unpaired) electrons. The zero-order valence-electron chi connectivity index (χ0n) is 14.2. The molecule has 1 fully saturated rings. The van der Waals surface area contributed by atoms with Gasteiger partial charge in [0.1, 0.15) is 0 Å². The number of aromatic nitrogens is 3. The monoisotopic (exact) mass is 376 g/mol. The molecular weight excluding hydrogens is 356 g/mol. The third-order valence-corrected chi connectivity index (χ3v) is 6.70. The lowest BCUT2D eigenvalue weighted by Gasteiger charge is -2.41. The first-order valence-electron chi connectivity index (χ1n) is 8.61. The molecule has 4 rings (SSSR count). The first-order chi connectivity index (χ1) is 12.5. The zero-order chi connectivity index (χ0) is 18.1. The summed E-state index contributed by atoms with van der Waals surface area (Å²) in [6.45, 7) is 1.45. The van der Waals surface area contributed by atoms with Gasteiger partial charge in [-0.3, -0.25) is 4.79 Å². The van der Waals surface area contributed by atoms with E-state index in [0.29, 0.717) is 19.7 Å². The molecule has 26 heavy (non-hydrogen) atoms. The van der Waals surface area contributed by atoms with Gasteiger partial charge in [-0.2, -0.15) is 0 Å². The molecule has 138 valence electrons. The maximum Gasteiger partial charge on any atom is 0.223 e. The Morgan fingerprint density at radius 1 is 1.27 bits per heavy atom. The fourth-order valence-electron chi connectivity index (χ4n) is 3.54.